The van der Waals surface area contributed by atoms with Gasteiger partial charge in [-0.1, -0.05) is 19.9 Å². The minimum atomic E-state index is -0.360. The average Bonchev–Trinajstić information content (AvgIpc) is 2.68. The molecule has 0 unspecified atom stereocenters. The van der Waals surface area contributed by atoms with Crippen LogP contribution in [0.3, 0.4) is 0 Å². The van der Waals surface area contributed by atoms with Crippen molar-refractivity contribution in [2.24, 2.45) is 0 Å². The Morgan fingerprint density at radius 2 is 1.75 bits per heavy atom. The van der Waals surface area contributed by atoms with Gasteiger partial charge in [-0.2, -0.15) is 0 Å². The zero-order valence-corrected chi connectivity index (χ0v) is 17.3. The highest BCUT2D eigenvalue weighted by molar-refractivity contribution is 7.80. The minimum absolute atomic E-state index is 0.110. The molecule has 2 rings (SSSR count). The smallest absolute Gasteiger partial charge is 0.251 e. The Bertz CT molecular complexity index is 807. The van der Waals surface area contributed by atoms with Crippen LogP contribution in [0.4, 0.5) is 15.8 Å². The van der Waals surface area contributed by atoms with Gasteiger partial charge in [0.05, 0.1) is 5.69 Å². The Kier molecular flexibility index (Phi) is 8.35. The predicted molar refractivity (Wildman–Crippen MR) is 118 cm³/mol. The Hall–Kier alpha value is -2.51. The zero-order valence-electron chi connectivity index (χ0n) is 16.5. The number of anilines is 2. The van der Waals surface area contributed by atoms with E-state index in [9.17, 15) is 9.18 Å². The van der Waals surface area contributed by atoms with E-state index in [4.69, 9.17) is 12.2 Å². The van der Waals surface area contributed by atoms with E-state index in [-0.39, 0.29) is 16.8 Å². The number of thiocarbonyl (C=S) groups is 1. The number of halogens is 1. The molecule has 0 saturated heterocycles. The molecule has 0 aromatic heterocycles. The lowest BCUT2D eigenvalue weighted by molar-refractivity contribution is 0.0949. The molecule has 0 fully saturated rings. The Balaban J connectivity index is 1.86. The molecule has 0 aliphatic rings. The van der Waals surface area contributed by atoms with E-state index in [1.54, 1.807) is 30.3 Å². The maximum Gasteiger partial charge on any atom is 0.251 e. The molecule has 0 radical (unpaired) electrons. The van der Waals surface area contributed by atoms with E-state index in [2.05, 4.69) is 34.7 Å². The van der Waals surface area contributed by atoms with Gasteiger partial charge < -0.3 is 20.9 Å². The van der Waals surface area contributed by atoms with Gasteiger partial charge in [-0.3, -0.25) is 4.79 Å². The number of carbonyl (C=O) groups is 1. The molecule has 0 heterocycles. The number of hydrogen-bond acceptors (Lipinski definition) is 3. The number of carbonyl (C=O) groups excluding carboxylic acids is 1. The second-order valence-electron chi connectivity index (χ2n) is 6.42. The largest absolute Gasteiger partial charge is 0.351 e. The lowest BCUT2D eigenvalue weighted by atomic mass is 10.2. The predicted octanol–water partition coefficient (Wildman–Crippen LogP) is 4.01. The highest BCUT2D eigenvalue weighted by Crippen LogP contribution is 2.16. The van der Waals surface area contributed by atoms with Gasteiger partial charge in [-0.15, -0.1) is 0 Å². The molecular weight excluding hydrogens is 375 g/mol. The number of benzene rings is 2. The second kappa shape index (κ2) is 10.7. The highest BCUT2D eigenvalue weighted by Gasteiger charge is 2.08. The number of hydrogen-bond donors (Lipinski definition) is 3. The summed E-state index contributed by atoms with van der Waals surface area (Å²) in [6, 6.07) is 11.9. The first-order valence-corrected chi connectivity index (χ1v) is 9.78. The summed E-state index contributed by atoms with van der Waals surface area (Å²) in [5, 5.41) is 9.02. The molecule has 1 amide bonds. The van der Waals surface area contributed by atoms with Crippen LogP contribution in [0.15, 0.2) is 42.5 Å². The summed E-state index contributed by atoms with van der Waals surface area (Å²) in [6.45, 7) is 9.39. The van der Waals surface area contributed by atoms with Crippen molar-refractivity contribution in [3.8, 4) is 0 Å². The van der Waals surface area contributed by atoms with Gasteiger partial charge in [0, 0.05) is 24.3 Å². The normalized spacial score (nSPS) is 10.6. The standard InChI is InChI=1S/C21H27FN4OS/c1-4-26(5-2)13-12-23-20(27)16-7-9-17(10-8-16)24-21(28)25-19-11-6-15(3)14-18(19)22/h6-11,14H,4-5,12-13H2,1-3H3,(H,23,27)(H2,24,25,28). The van der Waals surface area contributed by atoms with Crippen molar-refractivity contribution in [1.29, 1.82) is 0 Å². The van der Waals surface area contributed by atoms with Gasteiger partial charge >= 0.3 is 0 Å². The number of nitrogens with zero attached hydrogens (tertiary/aromatic N) is 1. The van der Waals surface area contributed by atoms with E-state index in [1.807, 2.05) is 13.0 Å². The summed E-state index contributed by atoms with van der Waals surface area (Å²) in [5.41, 5.74) is 2.44. The Morgan fingerprint density at radius 1 is 1.07 bits per heavy atom. The first-order chi connectivity index (χ1) is 13.4. The van der Waals surface area contributed by atoms with Crippen LogP contribution in [0.2, 0.25) is 0 Å². The summed E-state index contributed by atoms with van der Waals surface area (Å²) in [7, 11) is 0. The van der Waals surface area contributed by atoms with Gasteiger partial charge in [0.15, 0.2) is 5.11 Å². The third kappa shape index (κ3) is 6.58. The fourth-order valence-corrected chi connectivity index (χ4v) is 2.91. The van der Waals surface area contributed by atoms with Crippen molar-refractivity contribution < 1.29 is 9.18 Å². The third-order valence-electron chi connectivity index (χ3n) is 4.39. The quantitative estimate of drug-likeness (QED) is 0.583. The van der Waals surface area contributed by atoms with Crippen molar-refractivity contribution in [2.75, 3.05) is 36.8 Å². The first-order valence-electron chi connectivity index (χ1n) is 9.37. The summed E-state index contributed by atoms with van der Waals surface area (Å²) < 4.78 is 13.9. The lowest BCUT2D eigenvalue weighted by Crippen LogP contribution is -2.34. The summed E-state index contributed by atoms with van der Waals surface area (Å²) >= 11 is 5.23. The van der Waals surface area contributed by atoms with Crippen LogP contribution in [-0.2, 0) is 0 Å². The van der Waals surface area contributed by atoms with E-state index >= 15 is 0 Å². The molecule has 28 heavy (non-hydrogen) atoms. The zero-order chi connectivity index (χ0) is 20.5. The van der Waals surface area contributed by atoms with Gasteiger partial charge in [0.1, 0.15) is 5.82 Å². The van der Waals surface area contributed by atoms with Gasteiger partial charge in [-0.25, -0.2) is 4.39 Å². The van der Waals surface area contributed by atoms with Crippen LogP contribution in [0.5, 0.6) is 0 Å². The molecule has 0 spiro atoms. The second-order valence-corrected chi connectivity index (χ2v) is 6.83. The summed E-state index contributed by atoms with van der Waals surface area (Å²) in [6.07, 6.45) is 0. The topological polar surface area (TPSA) is 56.4 Å². The van der Waals surface area contributed by atoms with Crippen molar-refractivity contribution in [2.45, 2.75) is 20.8 Å². The van der Waals surface area contributed by atoms with Gasteiger partial charge in [-0.05, 0) is 74.2 Å². The number of aryl methyl sites for hydroxylation is 1. The van der Waals surface area contributed by atoms with Crippen molar-refractivity contribution >= 4 is 34.6 Å². The van der Waals surface area contributed by atoms with E-state index < -0.39 is 0 Å². The van der Waals surface area contributed by atoms with Crippen LogP contribution in [-0.4, -0.2) is 42.1 Å². The van der Waals surface area contributed by atoms with Crippen LogP contribution < -0.4 is 16.0 Å². The molecule has 2 aromatic carbocycles. The molecule has 5 nitrogen and oxygen atoms in total. The van der Waals surface area contributed by atoms with Gasteiger partial charge in [0.25, 0.3) is 5.91 Å². The Morgan fingerprint density at radius 3 is 2.36 bits per heavy atom. The first kappa shape index (κ1) is 21.8. The van der Waals surface area contributed by atoms with Crippen LogP contribution in [0.1, 0.15) is 29.8 Å². The van der Waals surface area contributed by atoms with E-state index in [1.165, 1.54) is 6.07 Å². The highest BCUT2D eigenvalue weighted by atomic mass is 32.1. The summed E-state index contributed by atoms with van der Waals surface area (Å²) in [4.78, 5) is 14.5. The third-order valence-corrected chi connectivity index (χ3v) is 4.59. The van der Waals surface area contributed by atoms with Crippen LogP contribution in [0.25, 0.3) is 0 Å². The maximum absolute atomic E-state index is 13.9. The number of rotatable bonds is 8. The monoisotopic (exact) mass is 402 g/mol. The molecule has 7 heteroatoms. The molecule has 0 atom stereocenters. The van der Waals surface area contributed by atoms with Gasteiger partial charge in [0.2, 0.25) is 0 Å². The molecule has 0 aliphatic heterocycles. The molecule has 150 valence electrons. The number of nitrogens with one attached hydrogen (secondary N) is 3. The summed E-state index contributed by atoms with van der Waals surface area (Å²) in [5.74, 6) is -0.470. The average molecular weight is 403 g/mol. The van der Waals surface area contributed by atoms with E-state index in [0.717, 1.165) is 25.2 Å². The number of likely N-dealkylation sites (N-methyl/N-ethyl adjacent to an activating group) is 1. The van der Waals surface area contributed by atoms with Crippen molar-refractivity contribution in [1.82, 2.24) is 10.2 Å². The SMILES string of the molecule is CCN(CC)CCNC(=O)c1ccc(NC(=S)Nc2ccc(C)cc2F)cc1. The van der Waals surface area contributed by atoms with E-state index in [0.29, 0.717) is 23.5 Å². The Labute approximate surface area is 171 Å². The molecular formula is C21H27FN4OS. The molecule has 3 N–H and O–H groups in total. The fraction of sp³-hybridized carbons (Fsp3) is 0.333. The molecule has 0 bridgehead atoms. The fourth-order valence-electron chi connectivity index (χ4n) is 2.68. The van der Waals surface area contributed by atoms with Crippen molar-refractivity contribution in [3.05, 3.63) is 59.4 Å². The maximum atomic E-state index is 13.9. The molecule has 2 aromatic rings. The number of amides is 1. The molecule has 0 aliphatic carbocycles. The minimum Gasteiger partial charge on any atom is -0.351 e. The van der Waals surface area contributed by atoms with Crippen LogP contribution in [0, 0.1) is 12.7 Å². The molecule has 0 saturated carbocycles. The van der Waals surface area contributed by atoms with Crippen LogP contribution >= 0.6 is 12.2 Å². The lowest BCUT2D eigenvalue weighted by Gasteiger charge is -2.18. The van der Waals surface area contributed by atoms with Crippen molar-refractivity contribution in [3.63, 3.8) is 0 Å².